The first-order chi connectivity index (χ1) is 10.5. The van der Waals surface area contributed by atoms with Gasteiger partial charge in [0.15, 0.2) is 0 Å². The predicted octanol–water partition coefficient (Wildman–Crippen LogP) is 5.59. The lowest BCUT2D eigenvalue weighted by molar-refractivity contribution is 0.364. The van der Waals surface area contributed by atoms with Gasteiger partial charge in [0.1, 0.15) is 10.6 Å². The molecule has 3 aromatic rings. The summed E-state index contributed by atoms with van der Waals surface area (Å²) in [5.41, 5.74) is 1.50. The van der Waals surface area contributed by atoms with Crippen LogP contribution in [0.25, 0.3) is 16.9 Å². The molecule has 3 rings (SSSR count). The van der Waals surface area contributed by atoms with E-state index in [0.717, 1.165) is 17.7 Å². The number of rotatable bonds is 3. The van der Waals surface area contributed by atoms with Gasteiger partial charge in [-0.2, -0.15) is 0 Å². The molecule has 0 bridgehead atoms. The van der Waals surface area contributed by atoms with Crippen molar-refractivity contribution in [3.8, 4) is 16.9 Å². The molecule has 1 aromatic heterocycles. The summed E-state index contributed by atoms with van der Waals surface area (Å²) in [6.45, 7) is 0. The molecule has 23 heavy (non-hydrogen) atoms. The Morgan fingerprint density at radius 1 is 0.783 bits per heavy atom. The Hall–Kier alpha value is -2.42. The average molecular weight is 347 g/mol. The third kappa shape index (κ3) is 3.34. The first-order valence-electron chi connectivity index (χ1n) is 6.35. The molecular formula is C14H10F5N3S. The molecular weight excluding hydrogens is 337 g/mol. The Kier molecular flexibility index (Phi) is 2.90. The fourth-order valence-corrected chi connectivity index (χ4v) is 2.64. The zero-order valence-corrected chi connectivity index (χ0v) is 12.2. The lowest BCUT2D eigenvalue weighted by Gasteiger charge is -2.40. The molecule has 1 heterocycles. The maximum absolute atomic E-state index is 12.7. The van der Waals surface area contributed by atoms with Crippen molar-refractivity contribution in [1.82, 2.24) is 15.0 Å². The average Bonchev–Trinajstić information content (AvgIpc) is 2.96. The van der Waals surface area contributed by atoms with E-state index in [0.29, 0.717) is 17.8 Å². The molecule has 0 aliphatic carbocycles. The van der Waals surface area contributed by atoms with E-state index < -0.39 is 15.1 Å². The van der Waals surface area contributed by atoms with Gasteiger partial charge in [0.25, 0.3) is 0 Å². The molecule has 0 unspecified atom stereocenters. The third-order valence-electron chi connectivity index (χ3n) is 3.11. The zero-order valence-electron chi connectivity index (χ0n) is 11.4. The number of benzene rings is 2. The summed E-state index contributed by atoms with van der Waals surface area (Å²) >= 11 is 0. The van der Waals surface area contributed by atoms with E-state index in [1.165, 1.54) is 10.9 Å². The maximum Gasteiger partial charge on any atom is 0.310 e. The zero-order chi connectivity index (χ0) is 16.8. The molecule has 0 atom stereocenters. The van der Waals surface area contributed by atoms with Gasteiger partial charge >= 0.3 is 10.2 Å². The summed E-state index contributed by atoms with van der Waals surface area (Å²) in [6.07, 6.45) is 1.50. The number of nitrogens with zero attached hydrogens (tertiary/aromatic N) is 3. The first kappa shape index (κ1) is 15.5. The van der Waals surface area contributed by atoms with Gasteiger partial charge in [-0.1, -0.05) is 55.0 Å². The van der Waals surface area contributed by atoms with Gasteiger partial charge in [0.05, 0.1) is 11.9 Å². The van der Waals surface area contributed by atoms with Gasteiger partial charge < -0.3 is 0 Å². The highest BCUT2D eigenvalue weighted by atomic mass is 32.5. The molecule has 0 radical (unpaired) electrons. The minimum atomic E-state index is -9.66. The van der Waals surface area contributed by atoms with Crippen LogP contribution in [0.3, 0.4) is 0 Å². The summed E-state index contributed by atoms with van der Waals surface area (Å²) in [5.74, 6) is 0. The van der Waals surface area contributed by atoms with Crippen LogP contribution >= 0.6 is 10.2 Å². The summed E-state index contributed by atoms with van der Waals surface area (Å²) in [7, 11) is -9.66. The van der Waals surface area contributed by atoms with Crippen molar-refractivity contribution in [2.24, 2.45) is 0 Å². The smallest absolute Gasteiger partial charge is 0.220 e. The second-order valence-electron chi connectivity index (χ2n) is 4.88. The third-order valence-corrected chi connectivity index (χ3v) is 4.27. The number of aromatic nitrogens is 3. The summed E-state index contributed by atoms with van der Waals surface area (Å²) in [5, 5.41) is 7.71. The van der Waals surface area contributed by atoms with E-state index in [4.69, 9.17) is 0 Å². The van der Waals surface area contributed by atoms with Crippen LogP contribution < -0.4 is 0 Å². The summed E-state index contributed by atoms with van der Waals surface area (Å²) in [4.78, 5) is -1.93. The number of hydrogen-bond acceptors (Lipinski definition) is 2. The van der Waals surface area contributed by atoms with E-state index >= 15 is 0 Å². The van der Waals surface area contributed by atoms with Crippen LogP contribution in [-0.4, -0.2) is 15.0 Å². The lowest BCUT2D eigenvalue weighted by atomic mass is 10.2. The highest BCUT2D eigenvalue weighted by molar-refractivity contribution is 8.45. The highest BCUT2D eigenvalue weighted by Crippen LogP contribution is 3.02. The number of hydrogen-bond donors (Lipinski definition) is 0. The fraction of sp³-hybridized carbons (Fsp3) is 0. The largest absolute Gasteiger partial charge is 0.310 e. The van der Waals surface area contributed by atoms with E-state index in [1.807, 2.05) is 6.07 Å². The molecule has 0 spiro atoms. The molecule has 0 N–H and O–H groups in total. The quantitative estimate of drug-likeness (QED) is 0.578. The molecule has 9 heteroatoms. The van der Waals surface area contributed by atoms with Crippen molar-refractivity contribution >= 4 is 10.2 Å². The van der Waals surface area contributed by atoms with Crippen LogP contribution in [0.4, 0.5) is 19.4 Å². The van der Waals surface area contributed by atoms with Crippen LogP contribution in [-0.2, 0) is 0 Å². The van der Waals surface area contributed by atoms with Crippen LogP contribution in [0.1, 0.15) is 0 Å². The topological polar surface area (TPSA) is 30.7 Å². The van der Waals surface area contributed by atoms with Crippen molar-refractivity contribution in [2.75, 3.05) is 0 Å². The standard InChI is InChI=1S/C14H10F5N3S/c15-23(16,17,18,19)13-8-6-12(7-9-13)22-10-14(20-21-22)11-4-2-1-3-5-11/h1-10H. The van der Waals surface area contributed by atoms with Crippen LogP contribution in [0, 0.1) is 0 Å². The van der Waals surface area contributed by atoms with E-state index in [2.05, 4.69) is 10.3 Å². The van der Waals surface area contributed by atoms with Gasteiger partial charge in [-0.25, -0.2) is 4.68 Å². The number of halogens is 5. The maximum atomic E-state index is 12.7. The molecule has 0 aliphatic rings. The molecule has 0 saturated carbocycles. The Bertz CT molecular complexity index is 842. The molecule has 0 fully saturated rings. The molecule has 2 aromatic carbocycles. The monoisotopic (exact) mass is 347 g/mol. The van der Waals surface area contributed by atoms with Crippen molar-refractivity contribution in [3.63, 3.8) is 0 Å². The summed E-state index contributed by atoms with van der Waals surface area (Å²) in [6, 6.07) is 11.6. The van der Waals surface area contributed by atoms with Crippen molar-refractivity contribution in [2.45, 2.75) is 4.90 Å². The van der Waals surface area contributed by atoms with Gasteiger partial charge in [0.2, 0.25) is 0 Å². The second kappa shape index (κ2) is 4.31. The minimum absolute atomic E-state index is 0.199. The van der Waals surface area contributed by atoms with Crippen molar-refractivity contribution in [3.05, 3.63) is 60.8 Å². The lowest BCUT2D eigenvalue weighted by Crippen LogP contribution is -2.06. The van der Waals surface area contributed by atoms with Crippen LogP contribution in [0.2, 0.25) is 0 Å². The molecule has 0 amide bonds. The molecule has 3 nitrogen and oxygen atoms in total. The minimum Gasteiger partial charge on any atom is -0.220 e. The van der Waals surface area contributed by atoms with Crippen molar-refractivity contribution in [1.29, 1.82) is 0 Å². The summed E-state index contributed by atoms with van der Waals surface area (Å²) < 4.78 is 64.6. The first-order valence-corrected chi connectivity index (χ1v) is 8.30. The fourth-order valence-electron chi connectivity index (χ4n) is 1.99. The Labute approximate surface area is 128 Å². The van der Waals surface area contributed by atoms with Gasteiger partial charge in [-0.15, -0.1) is 5.10 Å². The predicted molar refractivity (Wildman–Crippen MR) is 78.2 cm³/mol. The Balaban J connectivity index is 1.94. The van der Waals surface area contributed by atoms with Gasteiger partial charge in [-0.05, 0) is 24.3 Å². The van der Waals surface area contributed by atoms with Gasteiger partial charge in [0, 0.05) is 5.56 Å². The SMILES string of the molecule is FS(F)(F)(F)(F)c1ccc(-n2cc(-c3ccccc3)nn2)cc1. The van der Waals surface area contributed by atoms with E-state index in [1.54, 1.807) is 24.3 Å². The normalized spacial score (nSPS) is 15.0. The van der Waals surface area contributed by atoms with Crippen molar-refractivity contribution < 1.29 is 19.4 Å². The second-order valence-corrected chi connectivity index (χ2v) is 7.29. The van der Waals surface area contributed by atoms with Crippen LogP contribution in [0.5, 0.6) is 0 Å². The van der Waals surface area contributed by atoms with Crippen LogP contribution in [0.15, 0.2) is 65.7 Å². The molecule has 0 aliphatic heterocycles. The van der Waals surface area contributed by atoms with E-state index in [-0.39, 0.29) is 5.69 Å². The highest BCUT2D eigenvalue weighted by Gasteiger charge is 2.65. The Morgan fingerprint density at radius 2 is 1.39 bits per heavy atom. The van der Waals surface area contributed by atoms with E-state index in [9.17, 15) is 19.4 Å². The molecule has 122 valence electrons. The Morgan fingerprint density at radius 3 is 1.96 bits per heavy atom. The molecule has 0 saturated heterocycles. The van der Waals surface area contributed by atoms with Gasteiger partial charge in [-0.3, -0.25) is 0 Å².